The van der Waals surface area contributed by atoms with E-state index in [1.165, 1.54) is 36.5 Å². The van der Waals surface area contributed by atoms with Crippen LogP contribution in [-0.4, -0.2) is 21.0 Å². The van der Waals surface area contributed by atoms with Crippen LogP contribution in [0.1, 0.15) is 10.4 Å². The number of pyridine rings is 1. The van der Waals surface area contributed by atoms with E-state index in [0.717, 1.165) is 0 Å². The van der Waals surface area contributed by atoms with Crippen LogP contribution in [0.3, 0.4) is 0 Å². The number of carboxylic acids is 1. The Kier molecular flexibility index (Phi) is 3.94. The number of aromatic nitrogens is 1. The lowest BCUT2D eigenvalue weighted by atomic mass is 10.2. The van der Waals surface area contributed by atoms with Gasteiger partial charge < -0.3 is 9.84 Å². The Morgan fingerprint density at radius 2 is 2.10 bits per heavy atom. The number of benzene rings is 1. The van der Waals surface area contributed by atoms with E-state index in [2.05, 4.69) is 20.9 Å². The highest BCUT2D eigenvalue weighted by molar-refractivity contribution is 9.10. The molecule has 2 rings (SSSR count). The van der Waals surface area contributed by atoms with E-state index in [-0.39, 0.29) is 27.4 Å². The first-order valence-corrected chi connectivity index (χ1v) is 6.09. The maximum absolute atomic E-state index is 11.0. The SMILES string of the molecule is O=C(O)c1cccnc1Oc1cccc([N+](=O)[O-])c1Br. The van der Waals surface area contributed by atoms with Gasteiger partial charge in [-0.05, 0) is 34.1 Å². The number of carbonyl (C=O) groups is 1. The molecule has 0 spiro atoms. The number of hydrogen-bond donors (Lipinski definition) is 1. The topological polar surface area (TPSA) is 103 Å². The summed E-state index contributed by atoms with van der Waals surface area (Å²) in [6.45, 7) is 0. The largest absolute Gasteiger partial charge is 0.477 e. The Hall–Kier alpha value is -2.48. The summed E-state index contributed by atoms with van der Waals surface area (Å²) < 4.78 is 5.47. The van der Waals surface area contributed by atoms with Crippen LogP contribution in [0.5, 0.6) is 11.6 Å². The minimum atomic E-state index is -1.20. The zero-order valence-corrected chi connectivity index (χ0v) is 11.4. The third-order valence-corrected chi connectivity index (χ3v) is 3.14. The molecule has 0 atom stereocenters. The summed E-state index contributed by atoms with van der Waals surface area (Å²) >= 11 is 3.06. The van der Waals surface area contributed by atoms with Gasteiger partial charge in [-0.1, -0.05) is 6.07 Å². The molecule has 1 aromatic carbocycles. The molecule has 8 heteroatoms. The first-order valence-electron chi connectivity index (χ1n) is 5.29. The molecular formula is C12H7BrN2O5. The molecule has 0 bridgehead atoms. The van der Waals surface area contributed by atoms with E-state index < -0.39 is 10.9 Å². The Morgan fingerprint density at radius 3 is 2.75 bits per heavy atom. The predicted octanol–water partition coefficient (Wildman–Crippen LogP) is 3.24. The van der Waals surface area contributed by atoms with Gasteiger partial charge in [-0.2, -0.15) is 0 Å². The minimum Gasteiger partial charge on any atom is -0.477 e. The maximum atomic E-state index is 11.0. The monoisotopic (exact) mass is 338 g/mol. The highest BCUT2D eigenvalue weighted by atomic mass is 79.9. The minimum absolute atomic E-state index is 0.111. The van der Waals surface area contributed by atoms with Crippen LogP contribution in [0.4, 0.5) is 5.69 Å². The quantitative estimate of drug-likeness (QED) is 0.678. The van der Waals surface area contributed by atoms with Crippen LogP contribution in [0.2, 0.25) is 0 Å². The van der Waals surface area contributed by atoms with Gasteiger partial charge in [0.15, 0.2) is 5.75 Å². The van der Waals surface area contributed by atoms with Crippen molar-refractivity contribution in [3.05, 3.63) is 56.7 Å². The third-order valence-electron chi connectivity index (χ3n) is 2.35. The highest BCUT2D eigenvalue weighted by Gasteiger charge is 2.19. The summed E-state index contributed by atoms with van der Waals surface area (Å²) in [5.41, 5.74) is -0.318. The number of nitrogens with zero attached hydrogens (tertiary/aromatic N) is 2. The number of rotatable bonds is 4. The van der Waals surface area contributed by atoms with Crippen molar-refractivity contribution < 1.29 is 19.6 Å². The molecule has 7 nitrogen and oxygen atoms in total. The molecule has 0 saturated heterocycles. The first kappa shape index (κ1) is 13.9. The second kappa shape index (κ2) is 5.66. The predicted molar refractivity (Wildman–Crippen MR) is 72.1 cm³/mol. The van der Waals surface area contributed by atoms with E-state index in [0.29, 0.717) is 0 Å². The van der Waals surface area contributed by atoms with E-state index in [4.69, 9.17) is 9.84 Å². The number of halogens is 1. The summed E-state index contributed by atoms with van der Waals surface area (Å²) in [6, 6.07) is 6.99. The van der Waals surface area contributed by atoms with Gasteiger partial charge in [-0.15, -0.1) is 0 Å². The Morgan fingerprint density at radius 1 is 1.35 bits per heavy atom. The summed E-state index contributed by atoms with van der Waals surface area (Å²) in [5.74, 6) is -1.23. The normalized spacial score (nSPS) is 10.1. The van der Waals surface area contributed by atoms with Gasteiger partial charge >= 0.3 is 5.97 Å². The summed E-state index contributed by atoms with van der Waals surface area (Å²) in [5, 5.41) is 19.8. The molecule has 1 aromatic heterocycles. The van der Waals surface area contributed by atoms with Crippen molar-refractivity contribution in [2.45, 2.75) is 0 Å². The number of nitro groups is 1. The van der Waals surface area contributed by atoms with Crippen LogP contribution >= 0.6 is 15.9 Å². The smallest absolute Gasteiger partial charge is 0.341 e. The van der Waals surface area contributed by atoms with Gasteiger partial charge in [0.05, 0.1) is 4.92 Å². The lowest BCUT2D eigenvalue weighted by molar-refractivity contribution is -0.385. The fourth-order valence-electron chi connectivity index (χ4n) is 1.46. The molecular weight excluding hydrogens is 332 g/mol. The summed E-state index contributed by atoms with van der Waals surface area (Å²) in [6.07, 6.45) is 1.37. The molecule has 0 fully saturated rings. The number of aromatic carboxylic acids is 1. The highest BCUT2D eigenvalue weighted by Crippen LogP contribution is 2.36. The second-order valence-corrected chi connectivity index (χ2v) is 4.40. The average molecular weight is 339 g/mol. The summed E-state index contributed by atoms with van der Waals surface area (Å²) in [4.78, 5) is 25.1. The van der Waals surface area contributed by atoms with Crippen molar-refractivity contribution in [1.82, 2.24) is 4.98 Å². The zero-order valence-electron chi connectivity index (χ0n) is 9.82. The van der Waals surface area contributed by atoms with Gasteiger partial charge in [0, 0.05) is 12.3 Å². The Balaban J connectivity index is 2.43. The molecule has 0 aliphatic carbocycles. The summed E-state index contributed by atoms with van der Waals surface area (Å²) in [7, 11) is 0. The molecule has 0 unspecified atom stereocenters. The molecule has 0 amide bonds. The zero-order chi connectivity index (χ0) is 14.7. The fraction of sp³-hybridized carbons (Fsp3) is 0. The average Bonchev–Trinajstić information content (AvgIpc) is 2.41. The number of ether oxygens (including phenoxy) is 1. The molecule has 2 aromatic rings. The molecule has 1 heterocycles. The van der Waals surface area contributed by atoms with Crippen molar-refractivity contribution >= 4 is 27.6 Å². The molecule has 1 N–H and O–H groups in total. The van der Waals surface area contributed by atoms with E-state index >= 15 is 0 Å². The Bertz CT molecular complexity index is 689. The number of nitro benzene ring substituents is 1. The third kappa shape index (κ3) is 2.75. The lowest BCUT2D eigenvalue weighted by Crippen LogP contribution is -2.02. The van der Waals surface area contributed by atoms with Crippen LogP contribution in [0, 0.1) is 10.1 Å². The fourth-order valence-corrected chi connectivity index (χ4v) is 1.95. The van der Waals surface area contributed by atoms with Crippen LogP contribution in [0.15, 0.2) is 41.0 Å². The van der Waals surface area contributed by atoms with Crippen LogP contribution < -0.4 is 4.74 Å². The molecule has 20 heavy (non-hydrogen) atoms. The van der Waals surface area contributed by atoms with Crippen LogP contribution in [-0.2, 0) is 0 Å². The van der Waals surface area contributed by atoms with Crippen molar-refractivity contribution in [1.29, 1.82) is 0 Å². The number of hydrogen-bond acceptors (Lipinski definition) is 5. The van der Waals surface area contributed by atoms with E-state index in [9.17, 15) is 14.9 Å². The van der Waals surface area contributed by atoms with Gasteiger partial charge in [-0.3, -0.25) is 10.1 Å². The lowest BCUT2D eigenvalue weighted by Gasteiger charge is -2.08. The van der Waals surface area contributed by atoms with Crippen LogP contribution in [0.25, 0.3) is 0 Å². The van der Waals surface area contributed by atoms with Crippen molar-refractivity contribution in [3.63, 3.8) is 0 Å². The Labute approximate surface area is 121 Å². The first-order chi connectivity index (χ1) is 9.50. The van der Waals surface area contributed by atoms with E-state index in [1.54, 1.807) is 0 Å². The molecule has 102 valence electrons. The van der Waals surface area contributed by atoms with Crippen molar-refractivity contribution in [2.24, 2.45) is 0 Å². The van der Waals surface area contributed by atoms with Crippen molar-refractivity contribution in [3.8, 4) is 11.6 Å². The molecule has 0 radical (unpaired) electrons. The molecule has 0 aliphatic heterocycles. The number of carboxylic acid groups (broad SMARTS) is 1. The van der Waals surface area contributed by atoms with Crippen molar-refractivity contribution in [2.75, 3.05) is 0 Å². The molecule has 0 saturated carbocycles. The standard InChI is InChI=1S/C12H7BrN2O5/c13-10-8(15(18)19)4-1-5-9(10)20-11-7(12(16)17)3-2-6-14-11/h1-6H,(H,16,17). The van der Waals surface area contributed by atoms with Gasteiger partial charge in [-0.25, -0.2) is 9.78 Å². The van der Waals surface area contributed by atoms with Gasteiger partial charge in [0.1, 0.15) is 10.0 Å². The van der Waals surface area contributed by atoms with E-state index in [1.807, 2.05) is 0 Å². The molecule has 0 aliphatic rings. The maximum Gasteiger partial charge on any atom is 0.341 e. The second-order valence-electron chi connectivity index (χ2n) is 3.61. The van der Waals surface area contributed by atoms with Gasteiger partial charge in [0.2, 0.25) is 5.88 Å². The van der Waals surface area contributed by atoms with Gasteiger partial charge in [0.25, 0.3) is 5.69 Å².